The highest BCUT2D eigenvalue weighted by Crippen LogP contribution is 2.37. The molecule has 1 saturated heterocycles. The molecular formula is C32H32N4O4. The number of ether oxygens (including phenoxy) is 1. The quantitative estimate of drug-likeness (QED) is 0.366. The monoisotopic (exact) mass is 536 g/mol. The second-order valence-corrected chi connectivity index (χ2v) is 10.6. The van der Waals surface area contributed by atoms with Gasteiger partial charge in [-0.05, 0) is 72.5 Å². The molecule has 204 valence electrons. The van der Waals surface area contributed by atoms with Crippen molar-refractivity contribution in [2.45, 2.75) is 38.3 Å². The molecule has 3 aliphatic rings. The number of esters is 1. The van der Waals surface area contributed by atoms with Crippen molar-refractivity contribution in [1.29, 1.82) is 0 Å². The van der Waals surface area contributed by atoms with Crippen molar-refractivity contribution < 1.29 is 19.1 Å². The van der Waals surface area contributed by atoms with Crippen molar-refractivity contribution in [2.24, 2.45) is 4.99 Å². The van der Waals surface area contributed by atoms with Gasteiger partial charge in [0.1, 0.15) is 5.92 Å². The number of amides is 2. The van der Waals surface area contributed by atoms with E-state index in [1.54, 1.807) is 18.2 Å². The lowest BCUT2D eigenvalue weighted by Gasteiger charge is -2.27. The summed E-state index contributed by atoms with van der Waals surface area (Å²) in [6, 6.07) is 20.8. The molecule has 8 heteroatoms. The molecule has 0 aromatic heterocycles. The third kappa shape index (κ3) is 5.14. The number of rotatable bonds is 6. The van der Waals surface area contributed by atoms with Crippen LogP contribution in [0.15, 0.2) is 71.7 Å². The molecule has 3 aromatic carbocycles. The number of nitrogens with one attached hydrogen (secondary N) is 1. The summed E-state index contributed by atoms with van der Waals surface area (Å²) in [5, 5.41) is 2.92. The zero-order valence-corrected chi connectivity index (χ0v) is 22.6. The summed E-state index contributed by atoms with van der Waals surface area (Å²) >= 11 is 0. The fraction of sp³-hybridized carbons (Fsp3) is 0.312. The van der Waals surface area contributed by atoms with Gasteiger partial charge < -0.3 is 15.0 Å². The molecule has 8 nitrogen and oxygen atoms in total. The van der Waals surface area contributed by atoms with E-state index in [2.05, 4.69) is 10.2 Å². The van der Waals surface area contributed by atoms with Crippen LogP contribution in [0.3, 0.4) is 0 Å². The van der Waals surface area contributed by atoms with Gasteiger partial charge in [0.15, 0.2) is 0 Å². The number of carbonyl (C=O) groups excluding carboxylic acids is 3. The minimum absolute atomic E-state index is 0.165. The Bertz CT molecular complexity index is 1490. The van der Waals surface area contributed by atoms with Crippen LogP contribution in [-0.2, 0) is 27.4 Å². The van der Waals surface area contributed by atoms with Gasteiger partial charge in [0.2, 0.25) is 11.8 Å². The van der Waals surface area contributed by atoms with Gasteiger partial charge in [-0.3, -0.25) is 19.5 Å². The maximum absolute atomic E-state index is 13.3. The van der Waals surface area contributed by atoms with E-state index < -0.39 is 11.9 Å². The van der Waals surface area contributed by atoms with Gasteiger partial charge in [0, 0.05) is 18.8 Å². The molecule has 40 heavy (non-hydrogen) atoms. The first-order valence-corrected chi connectivity index (χ1v) is 13.8. The van der Waals surface area contributed by atoms with Crippen LogP contribution in [0.4, 0.5) is 11.4 Å². The summed E-state index contributed by atoms with van der Waals surface area (Å²) in [6.45, 7) is 3.64. The summed E-state index contributed by atoms with van der Waals surface area (Å²) in [6.07, 6.45) is 3.57. The lowest BCUT2D eigenvalue weighted by molar-refractivity contribution is -0.133. The lowest BCUT2D eigenvalue weighted by atomic mass is 9.90. The largest absolute Gasteiger partial charge is 0.465 e. The third-order valence-electron chi connectivity index (χ3n) is 7.97. The average Bonchev–Trinajstić information content (AvgIpc) is 3.56. The van der Waals surface area contributed by atoms with Crippen LogP contribution in [0.1, 0.15) is 57.8 Å². The van der Waals surface area contributed by atoms with Crippen LogP contribution in [0.25, 0.3) is 0 Å². The number of fused-ring (bicyclic) bond motifs is 2. The molecule has 3 aliphatic heterocycles. The summed E-state index contributed by atoms with van der Waals surface area (Å²) in [5.74, 6) is -1.13. The van der Waals surface area contributed by atoms with Gasteiger partial charge in [0.25, 0.3) is 0 Å². The Hall–Kier alpha value is -4.30. The predicted molar refractivity (Wildman–Crippen MR) is 153 cm³/mol. The van der Waals surface area contributed by atoms with Gasteiger partial charge in [0.05, 0.1) is 30.6 Å². The van der Waals surface area contributed by atoms with E-state index in [1.165, 1.54) is 13.5 Å². The van der Waals surface area contributed by atoms with Crippen LogP contribution in [0.5, 0.6) is 0 Å². The molecule has 1 unspecified atom stereocenters. The number of piperidine rings is 1. The molecule has 1 N–H and O–H groups in total. The summed E-state index contributed by atoms with van der Waals surface area (Å²) in [5.41, 5.74) is 6.12. The minimum atomic E-state index is -0.639. The Morgan fingerprint density at radius 1 is 0.925 bits per heavy atom. The van der Waals surface area contributed by atoms with Crippen LogP contribution in [-0.4, -0.2) is 60.0 Å². The Morgan fingerprint density at radius 2 is 1.70 bits per heavy atom. The topological polar surface area (TPSA) is 91.3 Å². The Morgan fingerprint density at radius 3 is 2.48 bits per heavy atom. The lowest BCUT2D eigenvalue weighted by Crippen LogP contribution is -2.40. The Kier molecular flexibility index (Phi) is 7.17. The molecule has 3 heterocycles. The molecule has 0 bridgehead atoms. The Labute approximate surface area is 233 Å². The predicted octanol–water partition coefficient (Wildman–Crippen LogP) is 4.66. The van der Waals surface area contributed by atoms with Gasteiger partial charge >= 0.3 is 5.97 Å². The van der Waals surface area contributed by atoms with E-state index in [0.717, 1.165) is 53.9 Å². The van der Waals surface area contributed by atoms with Gasteiger partial charge in [-0.2, -0.15) is 0 Å². The second kappa shape index (κ2) is 11.1. The third-order valence-corrected chi connectivity index (χ3v) is 7.97. The zero-order chi connectivity index (χ0) is 27.6. The number of benzene rings is 3. The second-order valence-electron chi connectivity index (χ2n) is 10.6. The first-order valence-electron chi connectivity index (χ1n) is 13.8. The maximum atomic E-state index is 13.3. The van der Waals surface area contributed by atoms with E-state index in [-0.39, 0.29) is 11.8 Å². The zero-order valence-electron chi connectivity index (χ0n) is 22.6. The van der Waals surface area contributed by atoms with Crippen LogP contribution >= 0.6 is 0 Å². The molecule has 1 atom stereocenters. The van der Waals surface area contributed by atoms with Crippen molar-refractivity contribution in [2.75, 3.05) is 32.1 Å². The van der Waals surface area contributed by atoms with E-state index >= 15 is 0 Å². The van der Waals surface area contributed by atoms with E-state index in [0.29, 0.717) is 36.6 Å². The summed E-state index contributed by atoms with van der Waals surface area (Å²) in [7, 11) is 1.33. The van der Waals surface area contributed by atoms with Crippen molar-refractivity contribution >= 4 is 34.9 Å². The van der Waals surface area contributed by atoms with E-state index in [9.17, 15) is 14.4 Å². The fourth-order valence-electron chi connectivity index (χ4n) is 5.86. The van der Waals surface area contributed by atoms with Crippen LogP contribution < -0.4 is 5.32 Å². The molecule has 0 aliphatic carbocycles. The Balaban J connectivity index is 1.29. The number of likely N-dealkylation sites (tertiary alicyclic amines) is 1. The summed E-state index contributed by atoms with van der Waals surface area (Å²) < 4.78 is 4.84. The van der Waals surface area contributed by atoms with E-state index in [4.69, 9.17) is 9.73 Å². The molecule has 2 amide bonds. The minimum Gasteiger partial charge on any atom is -0.465 e. The van der Waals surface area contributed by atoms with Crippen molar-refractivity contribution in [1.82, 2.24) is 9.80 Å². The normalized spacial score (nSPS) is 18.7. The number of hydrogen-bond donors (Lipinski definition) is 1. The standard InChI is InChI=1S/C32H32N4O4/c1-40-32(39)22-11-13-26-27(17-22)34-31(38)29(26)30(21-8-4-2-5-9-21)33-25-12-10-23-18-36(19-24(23)16-25)28(37)20-35-14-6-3-7-15-35/h2,4-5,8-13,16-17,29H,3,6-7,14-15,18-20H2,1H3,(H,34,38). The van der Waals surface area contributed by atoms with Crippen molar-refractivity contribution in [3.63, 3.8) is 0 Å². The van der Waals surface area contributed by atoms with Gasteiger partial charge in [-0.1, -0.05) is 48.9 Å². The van der Waals surface area contributed by atoms with Crippen LogP contribution in [0.2, 0.25) is 0 Å². The first kappa shape index (κ1) is 26.0. The molecule has 0 radical (unpaired) electrons. The number of methoxy groups -OCH3 is 1. The van der Waals surface area contributed by atoms with Crippen LogP contribution in [0, 0.1) is 0 Å². The smallest absolute Gasteiger partial charge is 0.337 e. The summed E-state index contributed by atoms with van der Waals surface area (Å²) in [4.78, 5) is 47.6. The molecule has 1 fully saturated rings. The highest BCUT2D eigenvalue weighted by molar-refractivity contribution is 6.24. The van der Waals surface area contributed by atoms with Gasteiger partial charge in [-0.25, -0.2) is 4.79 Å². The molecule has 0 spiro atoms. The highest BCUT2D eigenvalue weighted by atomic mass is 16.5. The van der Waals surface area contributed by atoms with Crippen molar-refractivity contribution in [3.05, 3.63) is 94.5 Å². The maximum Gasteiger partial charge on any atom is 0.337 e. The molecular weight excluding hydrogens is 504 g/mol. The van der Waals surface area contributed by atoms with Crippen molar-refractivity contribution in [3.8, 4) is 0 Å². The average molecular weight is 537 g/mol. The number of nitrogens with zero attached hydrogens (tertiary/aromatic N) is 3. The first-order chi connectivity index (χ1) is 19.5. The molecule has 3 aromatic rings. The van der Waals surface area contributed by atoms with E-state index in [1.807, 2.05) is 53.4 Å². The molecule has 6 rings (SSSR count). The number of hydrogen-bond acceptors (Lipinski definition) is 6. The van der Waals surface area contributed by atoms with Gasteiger partial charge in [-0.15, -0.1) is 0 Å². The fourth-order valence-corrected chi connectivity index (χ4v) is 5.86. The molecule has 0 saturated carbocycles. The SMILES string of the molecule is COC(=O)c1ccc2c(c1)NC(=O)C2C(=Nc1ccc2c(c1)CN(C(=O)CN1CCCCC1)C2)c1ccccc1. The highest BCUT2D eigenvalue weighted by Gasteiger charge is 2.36. The number of carbonyl (C=O) groups is 3. The number of anilines is 1. The number of aliphatic imine (C=N–C) groups is 1.